The van der Waals surface area contributed by atoms with Crippen LogP contribution in [0.5, 0.6) is 0 Å². The zero-order valence-electron chi connectivity index (χ0n) is 13.4. The molecular formula is C17H34N2. The van der Waals surface area contributed by atoms with E-state index in [4.69, 9.17) is 0 Å². The van der Waals surface area contributed by atoms with Crippen LogP contribution >= 0.6 is 0 Å². The Morgan fingerprint density at radius 2 is 1.79 bits per heavy atom. The topological polar surface area (TPSA) is 15.3 Å². The summed E-state index contributed by atoms with van der Waals surface area (Å²) in [4.78, 5) is 2.88. The third-order valence-corrected chi connectivity index (χ3v) is 5.51. The lowest BCUT2D eigenvalue weighted by molar-refractivity contribution is 0.0177. The van der Waals surface area contributed by atoms with Gasteiger partial charge in [-0.15, -0.1) is 0 Å². The Hall–Kier alpha value is -0.0800. The normalized spacial score (nSPS) is 28.1. The quantitative estimate of drug-likeness (QED) is 0.810. The summed E-state index contributed by atoms with van der Waals surface area (Å²) in [5.74, 6) is 0. The molecule has 0 aromatic heterocycles. The van der Waals surface area contributed by atoms with E-state index in [1.165, 1.54) is 70.9 Å². The van der Waals surface area contributed by atoms with E-state index in [0.29, 0.717) is 5.54 Å². The first-order valence-electron chi connectivity index (χ1n) is 8.75. The average Bonchev–Trinajstić information content (AvgIpc) is 2.44. The number of piperazine rings is 1. The Bertz CT molecular complexity index is 254. The van der Waals surface area contributed by atoms with Gasteiger partial charge in [-0.2, -0.15) is 0 Å². The molecule has 1 atom stereocenters. The van der Waals surface area contributed by atoms with Gasteiger partial charge in [-0.05, 0) is 32.1 Å². The standard InChI is InChI=1S/C17H34N2/c1-4-10-16-13-18-17(11-8-7-9-12-17)14-19(16)15(5-2)6-3/h15-16,18H,4-14H2,1-3H3. The smallest absolute Gasteiger partial charge is 0.0309 e. The Labute approximate surface area is 120 Å². The maximum absolute atomic E-state index is 3.96. The molecule has 2 rings (SSSR count). The SMILES string of the molecule is CCCC1CNC2(CCCCC2)CN1C(CC)CC. The summed E-state index contributed by atoms with van der Waals surface area (Å²) < 4.78 is 0. The van der Waals surface area contributed by atoms with Gasteiger partial charge in [0, 0.05) is 30.7 Å². The van der Waals surface area contributed by atoms with Gasteiger partial charge in [0.2, 0.25) is 0 Å². The number of nitrogens with zero attached hydrogens (tertiary/aromatic N) is 1. The third-order valence-electron chi connectivity index (χ3n) is 5.51. The molecular weight excluding hydrogens is 232 g/mol. The van der Waals surface area contributed by atoms with Crippen molar-refractivity contribution in [3.05, 3.63) is 0 Å². The molecule has 0 aromatic rings. The molecule has 0 radical (unpaired) electrons. The van der Waals surface area contributed by atoms with E-state index in [0.717, 1.165) is 12.1 Å². The van der Waals surface area contributed by atoms with E-state index in [9.17, 15) is 0 Å². The van der Waals surface area contributed by atoms with E-state index in [1.54, 1.807) is 0 Å². The summed E-state index contributed by atoms with van der Waals surface area (Å²) in [6.07, 6.45) is 12.4. The number of hydrogen-bond donors (Lipinski definition) is 1. The molecule has 19 heavy (non-hydrogen) atoms. The highest BCUT2D eigenvalue weighted by atomic mass is 15.3. The molecule has 1 aliphatic carbocycles. The monoisotopic (exact) mass is 266 g/mol. The predicted octanol–water partition coefficient (Wildman–Crippen LogP) is 3.95. The molecule has 1 unspecified atom stereocenters. The second-order valence-electron chi connectivity index (χ2n) is 6.81. The van der Waals surface area contributed by atoms with E-state index in [-0.39, 0.29) is 0 Å². The van der Waals surface area contributed by atoms with Gasteiger partial charge < -0.3 is 5.32 Å². The van der Waals surface area contributed by atoms with Gasteiger partial charge in [0.05, 0.1) is 0 Å². The molecule has 1 spiro atoms. The van der Waals surface area contributed by atoms with Gasteiger partial charge in [-0.1, -0.05) is 46.5 Å². The Balaban J connectivity index is 2.07. The third kappa shape index (κ3) is 3.52. The average molecular weight is 266 g/mol. The van der Waals surface area contributed by atoms with E-state index in [2.05, 4.69) is 31.0 Å². The van der Waals surface area contributed by atoms with Crippen LogP contribution in [0.4, 0.5) is 0 Å². The fourth-order valence-corrected chi connectivity index (χ4v) is 4.34. The summed E-state index contributed by atoms with van der Waals surface area (Å²) in [5.41, 5.74) is 0.463. The number of rotatable bonds is 5. The van der Waals surface area contributed by atoms with Crippen LogP contribution in [-0.2, 0) is 0 Å². The van der Waals surface area contributed by atoms with E-state index < -0.39 is 0 Å². The lowest BCUT2D eigenvalue weighted by atomic mass is 9.78. The van der Waals surface area contributed by atoms with Gasteiger partial charge >= 0.3 is 0 Å². The summed E-state index contributed by atoms with van der Waals surface area (Å²) in [5, 5.41) is 3.96. The molecule has 0 aromatic carbocycles. The molecule has 1 aliphatic heterocycles. The highest BCUT2D eigenvalue weighted by Gasteiger charge is 2.41. The Morgan fingerprint density at radius 1 is 1.11 bits per heavy atom. The van der Waals surface area contributed by atoms with Crippen LogP contribution in [0.15, 0.2) is 0 Å². The summed E-state index contributed by atoms with van der Waals surface area (Å²) in [6, 6.07) is 1.58. The number of hydrogen-bond acceptors (Lipinski definition) is 2. The molecule has 1 heterocycles. The molecule has 0 bridgehead atoms. The minimum atomic E-state index is 0.463. The molecule has 1 saturated heterocycles. The molecule has 2 nitrogen and oxygen atoms in total. The van der Waals surface area contributed by atoms with Gasteiger partial charge in [0.15, 0.2) is 0 Å². The highest BCUT2D eigenvalue weighted by molar-refractivity contribution is 5.00. The van der Waals surface area contributed by atoms with Crippen molar-refractivity contribution >= 4 is 0 Å². The van der Waals surface area contributed by atoms with Crippen molar-refractivity contribution in [2.45, 2.75) is 96.2 Å². The molecule has 2 aliphatic rings. The van der Waals surface area contributed by atoms with Crippen LogP contribution in [0.25, 0.3) is 0 Å². The van der Waals surface area contributed by atoms with Crippen molar-refractivity contribution in [2.24, 2.45) is 0 Å². The van der Waals surface area contributed by atoms with E-state index in [1.807, 2.05) is 0 Å². The van der Waals surface area contributed by atoms with Crippen molar-refractivity contribution in [1.29, 1.82) is 0 Å². The zero-order chi connectivity index (χ0) is 13.7. The van der Waals surface area contributed by atoms with Crippen molar-refractivity contribution in [3.8, 4) is 0 Å². The van der Waals surface area contributed by atoms with Crippen molar-refractivity contribution in [2.75, 3.05) is 13.1 Å². The summed E-state index contributed by atoms with van der Waals surface area (Å²) in [7, 11) is 0. The Kier molecular flexibility index (Phi) is 5.70. The lowest BCUT2D eigenvalue weighted by Gasteiger charge is -2.52. The summed E-state index contributed by atoms with van der Waals surface area (Å²) >= 11 is 0. The number of nitrogens with one attached hydrogen (secondary N) is 1. The fourth-order valence-electron chi connectivity index (χ4n) is 4.34. The predicted molar refractivity (Wildman–Crippen MR) is 83.6 cm³/mol. The molecule has 2 heteroatoms. The first kappa shape index (κ1) is 15.3. The van der Waals surface area contributed by atoms with Gasteiger partial charge in [0.25, 0.3) is 0 Å². The van der Waals surface area contributed by atoms with Gasteiger partial charge in [0.1, 0.15) is 0 Å². The van der Waals surface area contributed by atoms with E-state index >= 15 is 0 Å². The van der Waals surface area contributed by atoms with Crippen LogP contribution in [0.2, 0.25) is 0 Å². The maximum atomic E-state index is 3.96. The van der Waals surface area contributed by atoms with Crippen molar-refractivity contribution < 1.29 is 0 Å². The minimum Gasteiger partial charge on any atom is -0.308 e. The van der Waals surface area contributed by atoms with Crippen LogP contribution in [0.3, 0.4) is 0 Å². The summed E-state index contributed by atoms with van der Waals surface area (Å²) in [6.45, 7) is 9.60. The van der Waals surface area contributed by atoms with Gasteiger partial charge in [-0.25, -0.2) is 0 Å². The largest absolute Gasteiger partial charge is 0.308 e. The highest BCUT2D eigenvalue weighted by Crippen LogP contribution is 2.34. The first-order chi connectivity index (χ1) is 9.24. The second-order valence-corrected chi connectivity index (χ2v) is 6.81. The zero-order valence-corrected chi connectivity index (χ0v) is 13.4. The van der Waals surface area contributed by atoms with Crippen molar-refractivity contribution in [1.82, 2.24) is 10.2 Å². The minimum absolute atomic E-state index is 0.463. The molecule has 1 N–H and O–H groups in total. The van der Waals surface area contributed by atoms with Crippen LogP contribution < -0.4 is 5.32 Å². The first-order valence-corrected chi connectivity index (χ1v) is 8.75. The van der Waals surface area contributed by atoms with Crippen LogP contribution in [0, 0.1) is 0 Å². The van der Waals surface area contributed by atoms with Crippen LogP contribution in [0.1, 0.15) is 78.6 Å². The maximum Gasteiger partial charge on any atom is 0.0309 e. The molecule has 1 saturated carbocycles. The molecule has 0 amide bonds. The second kappa shape index (κ2) is 7.08. The van der Waals surface area contributed by atoms with Crippen molar-refractivity contribution in [3.63, 3.8) is 0 Å². The molecule has 2 fully saturated rings. The Morgan fingerprint density at radius 3 is 2.37 bits per heavy atom. The fraction of sp³-hybridized carbons (Fsp3) is 1.00. The molecule has 112 valence electrons. The van der Waals surface area contributed by atoms with Crippen LogP contribution in [-0.4, -0.2) is 35.6 Å². The van der Waals surface area contributed by atoms with Gasteiger partial charge in [-0.3, -0.25) is 4.90 Å². The lowest BCUT2D eigenvalue weighted by Crippen LogP contribution is -2.66.